The van der Waals surface area contributed by atoms with Gasteiger partial charge < -0.3 is 5.73 Å². The van der Waals surface area contributed by atoms with E-state index in [0.717, 1.165) is 11.0 Å². The van der Waals surface area contributed by atoms with Gasteiger partial charge in [0.15, 0.2) is 0 Å². The topological polar surface area (TPSA) is 127 Å². The van der Waals surface area contributed by atoms with Crippen LogP contribution in [-0.4, -0.2) is 46.7 Å². The van der Waals surface area contributed by atoms with Crippen molar-refractivity contribution >= 4 is 26.0 Å². The van der Waals surface area contributed by atoms with Gasteiger partial charge in [-0.25, -0.2) is 21.6 Å². The number of nitrogens with zero attached hydrogens (tertiary/aromatic N) is 1. The molecule has 1 amide bonds. The zero-order valence-corrected chi connectivity index (χ0v) is 19.2. The molecule has 1 aliphatic rings. The summed E-state index contributed by atoms with van der Waals surface area (Å²) in [4.78, 5) is 12.1. The van der Waals surface area contributed by atoms with Gasteiger partial charge in [-0.3, -0.25) is 4.79 Å². The Morgan fingerprint density at radius 2 is 1.78 bits per heavy atom. The van der Waals surface area contributed by atoms with Crippen LogP contribution in [0.25, 0.3) is 0 Å². The van der Waals surface area contributed by atoms with E-state index in [2.05, 4.69) is 11.3 Å². The molecule has 0 aromatic heterocycles. The van der Waals surface area contributed by atoms with Crippen LogP contribution in [0.15, 0.2) is 71.5 Å². The van der Waals surface area contributed by atoms with Gasteiger partial charge in [0.25, 0.3) is 0 Å². The van der Waals surface area contributed by atoms with Gasteiger partial charge in [-0.15, -0.1) is 0 Å². The summed E-state index contributed by atoms with van der Waals surface area (Å²) in [6.45, 7) is 3.92. The van der Waals surface area contributed by atoms with Crippen LogP contribution in [-0.2, 0) is 31.3 Å². The second kappa shape index (κ2) is 9.95. The third-order valence-electron chi connectivity index (χ3n) is 5.59. The summed E-state index contributed by atoms with van der Waals surface area (Å²) in [5, 5.41) is 0.829. The largest absolute Gasteiger partial charge is 0.369 e. The molecular weight excluding hydrogens is 450 g/mol. The van der Waals surface area contributed by atoms with Crippen LogP contribution < -0.4 is 10.5 Å². The highest BCUT2D eigenvalue weighted by Crippen LogP contribution is 2.27. The summed E-state index contributed by atoms with van der Waals surface area (Å²) >= 11 is 0. The van der Waals surface area contributed by atoms with Crippen LogP contribution in [0.5, 0.6) is 0 Å². The van der Waals surface area contributed by atoms with Gasteiger partial charge in [0.05, 0.1) is 10.8 Å². The predicted octanol–water partition coefficient (Wildman–Crippen LogP) is 1.57. The van der Waals surface area contributed by atoms with Crippen molar-refractivity contribution in [1.29, 1.82) is 0 Å². The molecule has 0 aliphatic carbocycles. The van der Waals surface area contributed by atoms with E-state index in [4.69, 9.17) is 5.73 Å². The molecule has 2 aromatic rings. The third kappa shape index (κ3) is 5.83. The van der Waals surface area contributed by atoms with Crippen LogP contribution in [0.4, 0.5) is 0 Å². The Labute approximate surface area is 189 Å². The fraction of sp³-hybridized carbons (Fsp3) is 0.318. The highest BCUT2D eigenvalue weighted by molar-refractivity contribution is 7.92. The zero-order valence-electron chi connectivity index (χ0n) is 17.6. The number of amides is 1. The van der Waals surface area contributed by atoms with Crippen LogP contribution in [0.1, 0.15) is 23.5 Å². The number of carbonyl (C=O) groups excluding carboxylic acids is 1. The normalized spacial score (nSPS) is 18.3. The molecule has 1 unspecified atom stereocenters. The number of sulfonamides is 2. The van der Waals surface area contributed by atoms with E-state index in [1.165, 1.54) is 16.4 Å². The molecule has 2 atom stereocenters. The Balaban J connectivity index is 1.70. The second-order valence-electron chi connectivity index (χ2n) is 7.79. The molecule has 0 saturated carbocycles. The van der Waals surface area contributed by atoms with Crippen molar-refractivity contribution in [3.05, 3.63) is 77.7 Å². The van der Waals surface area contributed by atoms with E-state index in [0.29, 0.717) is 24.9 Å². The molecule has 3 rings (SSSR count). The van der Waals surface area contributed by atoms with Gasteiger partial charge in [0.1, 0.15) is 0 Å². The van der Waals surface area contributed by atoms with Gasteiger partial charge in [0, 0.05) is 25.0 Å². The molecule has 0 spiro atoms. The monoisotopic (exact) mass is 477 g/mol. The van der Waals surface area contributed by atoms with Crippen molar-refractivity contribution in [3.8, 4) is 0 Å². The van der Waals surface area contributed by atoms with E-state index >= 15 is 0 Å². The molecule has 1 saturated heterocycles. The van der Waals surface area contributed by atoms with Crippen LogP contribution >= 0.6 is 0 Å². The van der Waals surface area contributed by atoms with Crippen molar-refractivity contribution in [2.75, 3.05) is 19.6 Å². The first-order valence-corrected chi connectivity index (χ1v) is 13.2. The number of rotatable bonds is 10. The van der Waals surface area contributed by atoms with Crippen molar-refractivity contribution in [1.82, 2.24) is 9.03 Å². The number of hydrogen-bond acceptors (Lipinski definition) is 5. The van der Waals surface area contributed by atoms with Crippen molar-refractivity contribution < 1.29 is 21.6 Å². The highest BCUT2D eigenvalue weighted by atomic mass is 32.2. The molecule has 8 nitrogen and oxygen atoms in total. The fourth-order valence-electron chi connectivity index (χ4n) is 3.73. The molecule has 0 radical (unpaired) electrons. The van der Waals surface area contributed by atoms with E-state index < -0.39 is 31.9 Å². The average molecular weight is 478 g/mol. The highest BCUT2D eigenvalue weighted by Gasteiger charge is 2.33. The minimum atomic E-state index is -3.73. The summed E-state index contributed by atoms with van der Waals surface area (Å²) in [6.07, 6.45) is 0.981. The van der Waals surface area contributed by atoms with Crippen LogP contribution in [0.3, 0.4) is 0 Å². The van der Waals surface area contributed by atoms with Gasteiger partial charge in [0.2, 0.25) is 26.0 Å². The first kappa shape index (κ1) is 24.1. The SMILES string of the molecule is C=CS(=O)(=O)NC[C@H]1CCN(S(=O)(=O)c2ccc(C(Cc3ccccc3)C(N)=O)cc2)C1. The predicted molar refractivity (Wildman–Crippen MR) is 123 cm³/mol. The molecule has 2 aromatic carbocycles. The minimum absolute atomic E-state index is 0.121. The summed E-state index contributed by atoms with van der Waals surface area (Å²) in [5.41, 5.74) is 7.22. The molecule has 3 N–H and O–H groups in total. The Hall–Kier alpha value is -2.53. The van der Waals surface area contributed by atoms with E-state index in [9.17, 15) is 21.6 Å². The number of benzene rings is 2. The number of hydrogen-bond donors (Lipinski definition) is 2. The lowest BCUT2D eigenvalue weighted by molar-refractivity contribution is -0.119. The molecule has 10 heteroatoms. The lowest BCUT2D eigenvalue weighted by Gasteiger charge is -2.18. The fourth-order valence-corrected chi connectivity index (χ4v) is 5.85. The lowest BCUT2D eigenvalue weighted by Crippen LogP contribution is -2.32. The summed E-state index contributed by atoms with van der Waals surface area (Å²) in [7, 11) is -7.28. The van der Waals surface area contributed by atoms with Gasteiger partial charge in [-0.05, 0) is 42.0 Å². The Morgan fingerprint density at radius 1 is 1.12 bits per heavy atom. The number of primary amides is 1. The smallest absolute Gasteiger partial charge is 0.243 e. The van der Waals surface area contributed by atoms with E-state index in [1.54, 1.807) is 12.1 Å². The number of carbonyl (C=O) groups is 1. The average Bonchev–Trinajstić information content (AvgIpc) is 3.27. The third-order valence-corrected chi connectivity index (χ3v) is 8.47. The van der Waals surface area contributed by atoms with Crippen molar-refractivity contribution in [2.45, 2.75) is 23.7 Å². The van der Waals surface area contributed by atoms with Crippen molar-refractivity contribution in [3.63, 3.8) is 0 Å². The second-order valence-corrected chi connectivity index (χ2v) is 11.4. The number of nitrogens with two attached hydrogens (primary N) is 1. The Bertz CT molecular complexity index is 1160. The molecule has 0 bridgehead atoms. The lowest BCUT2D eigenvalue weighted by atomic mass is 9.91. The molecule has 1 aliphatic heterocycles. The number of nitrogens with one attached hydrogen (secondary N) is 1. The summed E-state index contributed by atoms with van der Waals surface area (Å²) in [5.74, 6) is -1.17. The maximum Gasteiger partial charge on any atom is 0.243 e. The van der Waals surface area contributed by atoms with Gasteiger partial charge in [-0.1, -0.05) is 49.0 Å². The minimum Gasteiger partial charge on any atom is -0.369 e. The molecule has 32 heavy (non-hydrogen) atoms. The van der Waals surface area contributed by atoms with Crippen LogP contribution in [0.2, 0.25) is 0 Å². The van der Waals surface area contributed by atoms with Crippen molar-refractivity contribution in [2.24, 2.45) is 11.7 Å². The van der Waals surface area contributed by atoms with E-state index in [1.807, 2.05) is 30.3 Å². The Morgan fingerprint density at radius 3 is 2.38 bits per heavy atom. The van der Waals surface area contributed by atoms with Gasteiger partial charge >= 0.3 is 0 Å². The zero-order chi connectivity index (χ0) is 23.4. The quantitative estimate of drug-likeness (QED) is 0.537. The summed E-state index contributed by atoms with van der Waals surface area (Å²) in [6, 6.07) is 15.7. The standard InChI is InChI=1S/C22H27N3O5S2/c1-2-31(27,28)24-15-18-12-13-25(16-18)32(29,30)20-10-8-19(9-11-20)21(22(23)26)14-17-6-4-3-5-7-17/h2-11,18,21,24H,1,12-16H2,(H2,23,26)/t18-,21?/m1/s1. The molecular formula is C22H27N3O5S2. The molecule has 1 heterocycles. The first-order chi connectivity index (χ1) is 15.1. The van der Waals surface area contributed by atoms with Crippen LogP contribution in [0, 0.1) is 5.92 Å². The maximum absolute atomic E-state index is 13.0. The first-order valence-electron chi connectivity index (χ1n) is 10.2. The molecule has 1 fully saturated rings. The Kier molecular flexibility index (Phi) is 7.50. The van der Waals surface area contributed by atoms with E-state index in [-0.39, 0.29) is 23.9 Å². The maximum atomic E-state index is 13.0. The summed E-state index contributed by atoms with van der Waals surface area (Å²) < 4.78 is 52.8. The molecule has 172 valence electrons. The van der Waals surface area contributed by atoms with Gasteiger partial charge in [-0.2, -0.15) is 4.31 Å².